The van der Waals surface area contributed by atoms with Gasteiger partial charge in [-0.3, -0.25) is 0 Å². The molecule has 1 N–H and O–H groups in total. The number of ether oxygens (including phenoxy) is 1. The molecule has 0 aromatic heterocycles. The van der Waals surface area contributed by atoms with Crippen LogP contribution in [-0.4, -0.2) is 27.4 Å². The van der Waals surface area contributed by atoms with Crippen molar-refractivity contribution in [1.29, 1.82) is 0 Å². The van der Waals surface area contributed by atoms with Gasteiger partial charge in [-0.25, -0.2) is 17.1 Å². The van der Waals surface area contributed by atoms with Gasteiger partial charge in [0.25, 0.3) is 10.0 Å². The van der Waals surface area contributed by atoms with Crippen molar-refractivity contribution in [2.75, 3.05) is 17.9 Å². The highest BCUT2D eigenvalue weighted by molar-refractivity contribution is 7.93. The minimum absolute atomic E-state index is 0.227. The molecule has 1 aliphatic heterocycles. The second kappa shape index (κ2) is 6.17. The van der Waals surface area contributed by atoms with Crippen molar-refractivity contribution in [3.05, 3.63) is 54.3 Å². The summed E-state index contributed by atoms with van der Waals surface area (Å²) in [6.07, 6.45) is 0.262. The van der Waals surface area contributed by atoms with Crippen LogP contribution in [0.1, 0.15) is 6.42 Å². The van der Waals surface area contributed by atoms with Crippen molar-refractivity contribution in [2.24, 2.45) is 0 Å². The Morgan fingerprint density at radius 1 is 1.22 bits per heavy atom. The first-order valence-electron chi connectivity index (χ1n) is 7.24. The maximum atomic E-state index is 13.5. The molecule has 1 atom stereocenters. The zero-order valence-electron chi connectivity index (χ0n) is 12.6. The molecular weight excluding hydrogens is 319 g/mol. The van der Waals surface area contributed by atoms with Gasteiger partial charge in [0.2, 0.25) is 5.44 Å². The number of nitrogens with one attached hydrogen (secondary N) is 1. The number of hydrogen-bond acceptors (Lipinski definition) is 4. The molecular formula is C16H17FN2O3S. The first-order valence-corrected chi connectivity index (χ1v) is 8.74. The number of sulfonamides is 1. The molecule has 0 saturated carbocycles. The SMILES string of the molecule is CNCC[C@@H]1Oc2cc(F)ccc2N(c2ccccc2)S1(=O)=O. The molecule has 2 aromatic rings. The monoisotopic (exact) mass is 336 g/mol. The van der Waals surface area contributed by atoms with Gasteiger partial charge in [0.1, 0.15) is 11.6 Å². The van der Waals surface area contributed by atoms with Crippen molar-refractivity contribution in [2.45, 2.75) is 11.9 Å². The normalized spacial score (nSPS) is 19.0. The maximum Gasteiger partial charge on any atom is 0.278 e. The Morgan fingerprint density at radius 3 is 2.65 bits per heavy atom. The Labute approximate surface area is 134 Å². The number of halogens is 1. The lowest BCUT2D eigenvalue weighted by Crippen LogP contribution is -2.44. The standard InChI is InChI=1S/C16H17FN2O3S/c1-18-10-9-16-22-15-11-12(17)7-8-14(15)19(23(16,20)21)13-5-3-2-4-6-13/h2-8,11,16,18H,9-10H2,1H3/t16-/m1/s1. The Bertz CT molecular complexity index is 796. The molecule has 0 fully saturated rings. The highest BCUT2D eigenvalue weighted by atomic mass is 32.2. The van der Waals surface area contributed by atoms with E-state index >= 15 is 0 Å². The lowest BCUT2D eigenvalue weighted by molar-refractivity contribution is 0.256. The van der Waals surface area contributed by atoms with E-state index < -0.39 is 21.3 Å². The van der Waals surface area contributed by atoms with Gasteiger partial charge in [-0.15, -0.1) is 0 Å². The van der Waals surface area contributed by atoms with Crippen molar-refractivity contribution in [3.63, 3.8) is 0 Å². The van der Waals surface area contributed by atoms with E-state index in [4.69, 9.17) is 4.74 Å². The van der Waals surface area contributed by atoms with E-state index in [1.54, 1.807) is 37.4 Å². The predicted octanol–water partition coefficient (Wildman–Crippen LogP) is 2.62. The van der Waals surface area contributed by atoms with Crippen molar-refractivity contribution in [1.82, 2.24) is 5.32 Å². The zero-order valence-corrected chi connectivity index (χ0v) is 13.4. The van der Waals surface area contributed by atoms with E-state index in [0.717, 1.165) is 0 Å². The van der Waals surface area contributed by atoms with E-state index in [0.29, 0.717) is 17.9 Å². The molecule has 0 saturated heterocycles. The molecule has 0 amide bonds. The Hall–Kier alpha value is -2.12. The van der Waals surface area contributed by atoms with Gasteiger partial charge >= 0.3 is 0 Å². The summed E-state index contributed by atoms with van der Waals surface area (Å²) in [5.41, 5.74) is -0.249. The minimum atomic E-state index is -3.77. The van der Waals surface area contributed by atoms with E-state index in [1.807, 2.05) is 0 Å². The molecule has 23 heavy (non-hydrogen) atoms. The maximum absolute atomic E-state index is 13.5. The first-order chi connectivity index (χ1) is 11.0. The molecule has 0 spiro atoms. The highest BCUT2D eigenvalue weighted by Crippen LogP contribution is 2.42. The van der Waals surface area contributed by atoms with Gasteiger partial charge in [0, 0.05) is 12.5 Å². The minimum Gasteiger partial charge on any atom is -0.470 e. The summed E-state index contributed by atoms with van der Waals surface area (Å²) >= 11 is 0. The van der Waals surface area contributed by atoms with Crippen molar-refractivity contribution in [3.8, 4) is 5.75 Å². The quantitative estimate of drug-likeness (QED) is 0.932. The summed E-state index contributed by atoms with van der Waals surface area (Å²) in [4.78, 5) is 0. The molecule has 7 heteroatoms. The summed E-state index contributed by atoms with van der Waals surface area (Å²) in [5.74, 6) is -0.242. The summed E-state index contributed by atoms with van der Waals surface area (Å²) in [7, 11) is -2.03. The largest absolute Gasteiger partial charge is 0.470 e. The van der Waals surface area contributed by atoms with Crippen LogP contribution in [0.4, 0.5) is 15.8 Å². The van der Waals surface area contributed by atoms with Crippen molar-refractivity contribution < 1.29 is 17.5 Å². The number of rotatable bonds is 4. The fourth-order valence-electron chi connectivity index (χ4n) is 2.53. The first kappa shape index (κ1) is 15.8. The van der Waals surface area contributed by atoms with Gasteiger partial charge in [-0.1, -0.05) is 18.2 Å². The summed E-state index contributed by atoms with van der Waals surface area (Å²) in [5, 5.41) is 2.91. The summed E-state index contributed by atoms with van der Waals surface area (Å²) in [6.45, 7) is 0.469. The highest BCUT2D eigenvalue weighted by Gasteiger charge is 2.40. The number of fused-ring (bicyclic) bond motifs is 1. The zero-order chi connectivity index (χ0) is 16.4. The molecule has 1 aliphatic rings. The van der Waals surface area contributed by atoms with E-state index in [-0.39, 0.29) is 12.2 Å². The van der Waals surface area contributed by atoms with Crippen LogP contribution in [0.2, 0.25) is 0 Å². The lowest BCUT2D eigenvalue weighted by atomic mass is 10.2. The van der Waals surface area contributed by atoms with Crippen LogP contribution in [0.3, 0.4) is 0 Å². The third-order valence-electron chi connectivity index (χ3n) is 3.61. The second-order valence-corrected chi connectivity index (χ2v) is 7.12. The van der Waals surface area contributed by atoms with Gasteiger partial charge in [-0.2, -0.15) is 0 Å². The van der Waals surface area contributed by atoms with Crippen LogP contribution < -0.4 is 14.4 Å². The molecule has 5 nitrogen and oxygen atoms in total. The molecule has 0 bridgehead atoms. The molecule has 0 aliphatic carbocycles. The number of para-hydroxylation sites is 1. The third kappa shape index (κ3) is 2.89. The van der Waals surface area contributed by atoms with Gasteiger partial charge < -0.3 is 10.1 Å². The van der Waals surface area contributed by atoms with Crippen molar-refractivity contribution >= 4 is 21.4 Å². The Morgan fingerprint density at radius 2 is 1.96 bits per heavy atom. The number of hydrogen-bond donors (Lipinski definition) is 1. The molecule has 0 unspecified atom stereocenters. The molecule has 2 aromatic carbocycles. The van der Waals surface area contributed by atoms with Crippen LogP contribution in [-0.2, 0) is 10.0 Å². The van der Waals surface area contributed by atoms with E-state index in [1.165, 1.54) is 22.5 Å². The van der Waals surface area contributed by atoms with Gasteiger partial charge in [0.05, 0.1) is 11.4 Å². The van der Waals surface area contributed by atoms with E-state index in [2.05, 4.69) is 5.32 Å². The average Bonchev–Trinajstić information content (AvgIpc) is 2.53. The number of benzene rings is 2. The van der Waals surface area contributed by atoms with Crippen LogP contribution >= 0.6 is 0 Å². The van der Waals surface area contributed by atoms with Gasteiger partial charge in [0.15, 0.2) is 0 Å². The fraction of sp³-hybridized carbons (Fsp3) is 0.250. The smallest absolute Gasteiger partial charge is 0.278 e. The number of anilines is 2. The molecule has 122 valence electrons. The molecule has 1 heterocycles. The second-order valence-electron chi connectivity index (χ2n) is 5.20. The van der Waals surface area contributed by atoms with Crippen LogP contribution in [0.5, 0.6) is 5.75 Å². The average molecular weight is 336 g/mol. The van der Waals surface area contributed by atoms with E-state index in [9.17, 15) is 12.8 Å². The van der Waals surface area contributed by atoms with Crippen LogP contribution in [0.25, 0.3) is 0 Å². The summed E-state index contributed by atoms with van der Waals surface area (Å²) < 4.78 is 46.2. The lowest BCUT2D eigenvalue weighted by Gasteiger charge is -2.35. The topological polar surface area (TPSA) is 58.6 Å². The number of nitrogens with zero attached hydrogens (tertiary/aromatic N) is 1. The van der Waals surface area contributed by atoms with Crippen LogP contribution in [0, 0.1) is 5.82 Å². The molecule has 0 radical (unpaired) electrons. The molecule has 3 rings (SSSR count). The third-order valence-corrected chi connectivity index (χ3v) is 5.52. The Kier molecular flexibility index (Phi) is 4.23. The fourth-order valence-corrected chi connectivity index (χ4v) is 4.24. The summed E-state index contributed by atoms with van der Waals surface area (Å²) in [6, 6.07) is 12.6. The Balaban J connectivity index is 2.14. The predicted molar refractivity (Wildman–Crippen MR) is 86.9 cm³/mol. The van der Waals surface area contributed by atoms with Crippen LogP contribution in [0.15, 0.2) is 48.5 Å². The van der Waals surface area contributed by atoms with Gasteiger partial charge in [-0.05, 0) is 37.9 Å².